The molecule has 0 saturated carbocycles. The predicted octanol–water partition coefficient (Wildman–Crippen LogP) is 18.7. The minimum absolute atomic E-state index is 0.103. The summed E-state index contributed by atoms with van der Waals surface area (Å²) >= 11 is 0. The lowest BCUT2D eigenvalue weighted by atomic mass is 9.99. The lowest BCUT2D eigenvalue weighted by molar-refractivity contribution is -0.161. The number of esters is 4. The molecule has 0 aromatic rings. The molecule has 0 fully saturated rings. The second-order valence-corrected chi connectivity index (χ2v) is 28.3. The van der Waals surface area contributed by atoms with E-state index in [0.717, 1.165) is 102 Å². The summed E-state index contributed by atoms with van der Waals surface area (Å²) in [5, 5.41) is 10.6. The van der Waals surface area contributed by atoms with Gasteiger partial charge < -0.3 is 33.8 Å². The summed E-state index contributed by atoms with van der Waals surface area (Å²) in [6.45, 7) is 11.8. The third kappa shape index (κ3) is 59.7. The van der Waals surface area contributed by atoms with Crippen molar-refractivity contribution in [3.8, 4) is 0 Å². The maximum atomic E-state index is 13.0. The minimum Gasteiger partial charge on any atom is -0.462 e. The van der Waals surface area contributed by atoms with E-state index in [0.29, 0.717) is 31.6 Å². The van der Waals surface area contributed by atoms with Crippen LogP contribution in [0, 0.1) is 17.8 Å². The molecule has 510 valence electrons. The van der Waals surface area contributed by atoms with Crippen LogP contribution in [0.3, 0.4) is 0 Å². The fourth-order valence-corrected chi connectivity index (χ4v) is 11.6. The van der Waals surface area contributed by atoms with Crippen LogP contribution in [-0.2, 0) is 65.4 Å². The average molecular weight is 1270 g/mol. The lowest BCUT2D eigenvalue weighted by Gasteiger charge is -2.21. The van der Waals surface area contributed by atoms with Gasteiger partial charge in [-0.25, -0.2) is 9.13 Å². The van der Waals surface area contributed by atoms with E-state index >= 15 is 0 Å². The Morgan fingerprint density at radius 1 is 0.337 bits per heavy atom. The molecule has 3 N–H and O–H groups in total. The standard InChI is InChI=1S/C67H130O17P2/c1-8-10-11-12-13-18-27-34-41-48-64(69)77-55-63(84-67(72)51-44-37-30-23-25-32-39-46-59(5)6)57-82-86(75,76)80-53-61(68)52-79-85(73,74)81-56-62(54-78-65(70)49-42-35-28-21-16-14-19-24-31-38-45-58(3)4)83-66(71)50-43-36-29-22-17-15-20-26-33-40-47-60(7)9-2/h58-63,68H,8-57H2,1-7H3,(H,73,74)(H,75,76)/t60?,61-,62-,63-/m1/s1. The summed E-state index contributed by atoms with van der Waals surface area (Å²) in [4.78, 5) is 72.3. The van der Waals surface area contributed by atoms with Crippen LogP contribution in [0.4, 0.5) is 0 Å². The monoisotopic (exact) mass is 1270 g/mol. The molecule has 0 spiro atoms. The molecule has 86 heavy (non-hydrogen) atoms. The van der Waals surface area contributed by atoms with Crippen LogP contribution in [0.1, 0.15) is 331 Å². The van der Waals surface area contributed by atoms with Gasteiger partial charge in [0.2, 0.25) is 0 Å². The predicted molar refractivity (Wildman–Crippen MR) is 344 cm³/mol. The Morgan fingerprint density at radius 2 is 0.593 bits per heavy atom. The van der Waals surface area contributed by atoms with Crippen LogP contribution < -0.4 is 0 Å². The second kappa shape index (κ2) is 58.2. The first kappa shape index (κ1) is 84.1. The van der Waals surface area contributed by atoms with Crippen molar-refractivity contribution in [2.45, 2.75) is 349 Å². The second-order valence-electron chi connectivity index (χ2n) is 25.4. The molecule has 3 unspecified atom stereocenters. The number of hydrogen-bond donors (Lipinski definition) is 3. The Balaban J connectivity index is 5.25. The molecule has 6 atom stereocenters. The molecule has 0 aliphatic rings. The highest BCUT2D eigenvalue weighted by atomic mass is 31.2. The van der Waals surface area contributed by atoms with Crippen LogP contribution in [0.5, 0.6) is 0 Å². The molecule has 0 amide bonds. The average Bonchev–Trinajstić information content (AvgIpc) is 3.66. The Kier molecular flexibility index (Phi) is 56.9. The molecule has 19 heteroatoms. The number of carbonyl (C=O) groups is 4. The number of hydrogen-bond acceptors (Lipinski definition) is 15. The highest BCUT2D eigenvalue weighted by molar-refractivity contribution is 7.47. The van der Waals surface area contributed by atoms with Gasteiger partial charge in [0.1, 0.15) is 19.3 Å². The van der Waals surface area contributed by atoms with Gasteiger partial charge in [0.05, 0.1) is 26.4 Å². The molecule has 0 aliphatic carbocycles. The molecular weight excluding hydrogens is 1140 g/mol. The molecule has 0 saturated heterocycles. The number of rotatable bonds is 65. The smallest absolute Gasteiger partial charge is 0.462 e. The van der Waals surface area contributed by atoms with Crippen molar-refractivity contribution < 1.29 is 80.2 Å². The number of aliphatic hydroxyl groups excluding tert-OH is 1. The van der Waals surface area contributed by atoms with Crippen LogP contribution >= 0.6 is 15.6 Å². The molecule has 0 heterocycles. The van der Waals surface area contributed by atoms with Crippen molar-refractivity contribution >= 4 is 39.5 Å². The van der Waals surface area contributed by atoms with E-state index in [4.69, 9.17) is 37.0 Å². The zero-order chi connectivity index (χ0) is 63.8. The topological polar surface area (TPSA) is 237 Å². The van der Waals surface area contributed by atoms with E-state index < -0.39 is 97.5 Å². The van der Waals surface area contributed by atoms with Gasteiger partial charge in [-0.05, 0) is 43.4 Å². The molecule has 0 aliphatic heterocycles. The fourth-order valence-electron chi connectivity index (χ4n) is 9.98. The van der Waals surface area contributed by atoms with E-state index in [2.05, 4.69) is 48.5 Å². The van der Waals surface area contributed by atoms with Crippen LogP contribution in [0.2, 0.25) is 0 Å². The Morgan fingerprint density at radius 3 is 0.884 bits per heavy atom. The summed E-state index contributed by atoms with van der Waals surface area (Å²) < 4.78 is 68.1. The van der Waals surface area contributed by atoms with Gasteiger partial charge in [0.15, 0.2) is 12.2 Å². The third-order valence-electron chi connectivity index (χ3n) is 15.7. The van der Waals surface area contributed by atoms with Crippen LogP contribution in [0.25, 0.3) is 0 Å². The third-order valence-corrected chi connectivity index (χ3v) is 17.6. The van der Waals surface area contributed by atoms with Gasteiger partial charge in [-0.2, -0.15) is 0 Å². The maximum absolute atomic E-state index is 13.0. The van der Waals surface area contributed by atoms with Gasteiger partial charge in [0.25, 0.3) is 0 Å². The molecule has 0 bridgehead atoms. The van der Waals surface area contributed by atoms with Crippen LogP contribution in [-0.4, -0.2) is 96.7 Å². The van der Waals surface area contributed by atoms with Gasteiger partial charge in [-0.3, -0.25) is 37.3 Å². The highest BCUT2D eigenvalue weighted by Crippen LogP contribution is 2.45. The Labute approximate surface area is 524 Å². The first-order valence-electron chi connectivity index (χ1n) is 34.9. The quantitative estimate of drug-likeness (QED) is 0.0222. The summed E-state index contributed by atoms with van der Waals surface area (Å²) in [5.41, 5.74) is 0. The molecular formula is C67H130O17P2. The molecule has 17 nitrogen and oxygen atoms in total. The summed E-state index contributed by atoms with van der Waals surface area (Å²) in [5.74, 6) is 0.124. The summed E-state index contributed by atoms with van der Waals surface area (Å²) in [6, 6.07) is 0. The van der Waals surface area contributed by atoms with Crippen molar-refractivity contribution in [1.29, 1.82) is 0 Å². The highest BCUT2D eigenvalue weighted by Gasteiger charge is 2.30. The molecule has 0 aromatic carbocycles. The number of ether oxygens (including phenoxy) is 4. The zero-order valence-corrected chi connectivity index (χ0v) is 57.6. The first-order valence-corrected chi connectivity index (χ1v) is 37.9. The summed E-state index contributed by atoms with van der Waals surface area (Å²) in [7, 11) is -9.89. The van der Waals surface area contributed by atoms with Crippen molar-refractivity contribution in [3.63, 3.8) is 0 Å². The molecule has 0 aromatic heterocycles. The largest absolute Gasteiger partial charge is 0.472 e. The van der Waals surface area contributed by atoms with Gasteiger partial charge >= 0.3 is 39.5 Å². The van der Waals surface area contributed by atoms with Gasteiger partial charge in [-0.15, -0.1) is 0 Å². The van der Waals surface area contributed by atoms with Gasteiger partial charge in [-0.1, -0.05) is 280 Å². The normalized spacial score (nSPS) is 14.6. The van der Waals surface area contributed by atoms with Crippen molar-refractivity contribution in [3.05, 3.63) is 0 Å². The molecule has 0 rings (SSSR count). The fraction of sp³-hybridized carbons (Fsp3) is 0.940. The van der Waals surface area contributed by atoms with Crippen molar-refractivity contribution in [2.75, 3.05) is 39.6 Å². The number of unbranched alkanes of at least 4 members (excludes halogenated alkanes) is 32. The first-order chi connectivity index (χ1) is 41.3. The summed E-state index contributed by atoms with van der Waals surface area (Å²) in [6.07, 6.45) is 40.3. The SMILES string of the molecule is CCCCCCCCCCCC(=O)OC[C@H](COP(=O)(O)OC[C@H](O)COP(=O)(O)OC[C@@H](COC(=O)CCCCCCCCCCCCC(C)C)OC(=O)CCCCCCCCCCCCC(C)CC)OC(=O)CCCCCCCCCC(C)C. The van der Waals surface area contributed by atoms with Gasteiger partial charge in [0, 0.05) is 25.7 Å². The number of phosphoric ester groups is 2. The van der Waals surface area contributed by atoms with Crippen molar-refractivity contribution in [2.24, 2.45) is 17.8 Å². The minimum atomic E-state index is -4.95. The number of carbonyl (C=O) groups excluding carboxylic acids is 4. The van der Waals surface area contributed by atoms with E-state index in [9.17, 15) is 43.2 Å². The van der Waals surface area contributed by atoms with E-state index in [1.807, 2.05) is 0 Å². The van der Waals surface area contributed by atoms with Crippen LogP contribution in [0.15, 0.2) is 0 Å². The maximum Gasteiger partial charge on any atom is 0.472 e. The lowest BCUT2D eigenvalue weighted by Crippen LogP contribution is -2.30. The van der Waals surface area contributed by atoms with Crippen molar-refractivity contribution in [1.82, 2.24) is 0 Å². The van der Waals surface area contributed by atoms with E-state index in [1.165, 1.54) is 141 Å². The van der Waals surface area contributed by atoms with E-state index in [1.54, 1.807) is 0 Å². The Hall–Kier alpha value is -1.94. The molecule has 0 radical (unpaired) electrons. The zero-order valence-electron chi connectivity index (χ0n) is 55.8. The Bertz CT molecular complexity index is 1700. The number of aliphatic hydroxyl groups is 1. The van der Waals surface area contributed by atoms with E-state index in [-0.39, 0.29) is 25.7 Å². The number of phosphoric acid groups is 2.